The second-order valence-corrected chi connectivity index (χ2v) is 11.5. The molecule has 0 atom stereocenters. The third-order valence-electron chi connectivity index (χ3n) is 8.31. The second kappa shape index (κ2) is 14.2. The van der Waals surface area contributed by atoms with Gasteiger partial charge in [-0.3, -0.25) is 19.7 Å². The van der Waals surface area contributed by atoms with Crippen LogP contribution in [-0.4, -0.2) is 51.8 Å². The highest BCUT2D eigenvalue weighted by Crippen LogP contribution is 2.25. The predicted octanol–water partition coefficient (Wildman–Crippen LogP) is 6.93. The third kappa shape index (κ3) is 7.90. The maximum atomic E-state index is 12.6. The lowest BCUT2D eigenvalue weighted by atomic mass is 9.99. The van der Waals surface area contributed by atoms with Gasteiger partial charge in [-0.2, -0.15) is 0 Å². The standard InChI is InChI=1S/C37H39N5O/c43-34(12-6-2-5-10-29-8-3-1-4-9-29)24-30-13-15-32(16-14-30)33-17-18-35-36(25-33)40-37(27-39-35)42-22-20-41(21-23-42)28-31-11-7-19-38-26-31/h1,3-4,7-9,11,13-19,25-27H,2,5-6,10,12,20-24,28H2. The van der Waals surface area contributed by atoms with Crippen molar-refractivity contribution >= 4 is 22.6 Å². The molecule has 1 fully saturated rings. The first-order chi connectivity index (χ1) is 21.2. The normalized spacial score (nSPS) is 13.8. The van der Waals surface area contributed by atoms with Crippen molar-refractivity contribution in [3.8, 4) is 11.1 Å². The minimum Gasteiger partial charge on any atom is -0.353 e. The number of Topliss-reactive ketones (excluding diaryl/α,β-unsaturated/α-hetero) is 1. The summed E-state index contributed by atoms with van der Waals surface area (Å²) in [6.07, 6.45) is 11.1. The van der Waals surface area contributed by atoms with Crippen LogP contribution in [0.3, 0.4) is 0 Å². The van der Waals surface area contributed by atoms with Crippen LogP contribution in [-0.2, 0) is 24.2 Å². The Morgan fingerprint density at radius 1 is 0.698 bits per heavy atom. The van der Waals surface area contributed by atoms with Crippen LogP contribution < -0.4 is 4.90 Å². The summed E-state index contributed by atoms with van der Waals surface area (Å²) in [7, 11) is 0. The molecule has 6 rings (SSSR count). The zero-order valence-electron chi connectivity index (χ0n) is 24.7. The van der Waals surface area contributed by atoms with E-state index in [1.807, 2.05) is 30.7 Å². The van der Waals surface area contributed by atoms with Gasteiger partial charge in [0.05, 0.1) is 17.2 Å². The highest BCUT2D eigenvalue weighted by atomic mass is 16.1. The summed E-state index contributed by atoms with van der Waals surface area (Å²) in [4.78, 5) is 31.3. The largest absolute Gasteiger partial charge is 0.353 e. The Bertz CT molecular complexity index is 1610. The number of rotatable bonds is 12. The van der Waals surface area contributed by atoms with Gasteiger partial charge in [0.2, 0.25) is 0 Å². The number of carbonyl (C=O) groups is 1. The van der Waals surface area contributed by atoms with Gasteiger partial charge in [0, 0.05) is 58.0 Å². The molecule has 0 bridgehead atoms. The van der Waals surface area contributed by atoms with Gasteiger partial charge in [-0.05, 0) is 65.3 Å². The lowest BCUT2D eigenvalue weighted by Gasteiger charge is -2.35. The molecule has 5 aromatic rings. The molecule has 6 nitrogen and oxygen atoms in total. The van der Waals surface area contributed by atoms with E-state index in [-0.39, 0.29) is 0 Å². The number of hydrogen-bond donors (Lipinski definition) is 0. The van der Waals surface area contributed by atoms with Crippen LogP contribution in [0.25, 0.3) is 22.2 Å². The average Bonchev–Trinajstić information content (AvgIpc) is 3.06. The smallest absolute Gasteiger partial charge is 0.147 e. The minimum atomic E-state index is 0.318. The minimum absolute atomic E-state index is 0.318. The Kier molecular flexibility index (Phi) is 9.45. The van der Waals surface area contributed by atoms with Crippen LogP contribution in [0.4, 0.5) is 5.82 Å². The van der Waals surface area contributed by atoms with Gasteiger partial charge in [0.15, 0.2) is 0 Å². The van der Waals surface area contributed by atoms with Gasteiger partial charge < -0.3 is 4.90 Å². The maximum Gasteiger partial charge on any atom is 0.147 e. The molecule has 218 valence electrons. The summed E-state index contributed by atoms with van der Waals surface area (Å²) in [5, 5.41) is 0. The summed E-state index contributed by atoms with van der Waals surface area (Å²) < 4.78 is 0. The molecular weight excluding hydrogens is 530 g/mol. The molecule has 0 aliphatic carbocycles. The number of unbranched alkanes of at least 4 members (excludes halogenated alkanes) is 2. The van der Waals surface area contributed by atoms with Gasteiger partial charge in [-0.1, -0.05) is 73.2 Å². The Labute approximate surface area is 254 Å². The van der Waals surface area contributed by atoms with E-state index in [9.17, 15) is 4.79 Å². The Morgan fingerprint density at radius 2 is 1.49 bits per heavy atom. The van der Waals surface area contributed by atoms with Gasteiger partial charge in [-0.25, -0.2) is 4.98 Å². The molecule has 0 saturated carbocycles. The van der Waals surface area contributed by atoms with Gasteiger partial charge in [-0.15, -0.1) is 0 Å². The number of piperazine rings is 1. The molecule has 0 amide bonds. The number of pyridine rings is 1. The van der Waals surface area contributed by atoms with E-state index in [0.29, 0.717) is 18.6 Å². The highest BCUT2D eigenvalue weighted by Gasteiger charge is 2.19. The van der Waals surface area contributed by atoms with Crippen LogP contribution >= 0.6 is 0 Å². The SMILES string of the molecule is O=C(CCCCCc1ccccc1)Cc1ccc(-c2ccc3ncc(N4CCN(Cc5cccnc5)CC4)nc3c2)cc1. The lowest BCUT2D eigenvalue weighted by molar-refractivity contribution is -0.118. The zero-order valence-corrected chi connectivity index (χ0v) is 24.7. The fourth-order valence-corrected chi connectivity index (χ4v) is 5.82. The summed E-state index contributed by atoms with van der Waals surface area (Å²) in [6, 6.07) is 29.4. The van der Waals surface area contributed by atoms with Crippen molar-refractivity contribution in [1.82, 2.24) is 19.9 Å². The van der Waals surface area contributed by atoms with E-state index >= 15 is 0 Å². The topological polar surface area (TPSA) is 62.2 Å². The van der Waals surface area contributed by atoms with Crippen LogP contribution in [0.2, 0.25) is 0 Å². The molecule has 3 heterocycles. The molecule has 1 saturated heterocycles. The van der Waals surface area contributed by atoms with E-state index in [1.165, 1.54) is 11.1 Å². The molecule has 6 heteroatoms. The number of aromatic nitrogens is 3. The van der Waals surface area contributed by atoms with Crippen molar-refractivity contribution in [3.63, 3.8) is 0 Å². The van der Waals surface area contributed by atoms with Crippen molar-refractivity contribution < 1.29 is 4.79 Å². The zero-order chi connectivity index (χ0) is 29.3. The van der Waals surface area contributed by atoms with Crippen LogP contribution in [0.5, 0.6) is 0 Å². The number of benzene rings is 3. The fraction of sp³-hybridized carbons (Fsp3) is 0.297. The fourth-order valence-electron chi connectivity index (χ4n) is 5.82. The van der Waals surface area contributed by atoms with E-state index in [0.717, 1.165) is 91.9 Å². The summed E-state index contributed by atoms with van der Waals surface area (Å²) in [5.41, 5.74) is 7.72. The second-order valence-electron chi connectivity index (χ2n) is 11.5. The van der Waals surface area contributed by atoms with E-state index in [1.54, 1.807) is 0 Å². The highest BCUT2D eigenvalue weighted by molar-refractivity contribution is 5.83. The van der Waals surface area contributed by atoms with Crippen molar-refractivity contribution in [3.05, 3.63) is 120 Å². The number of carbonyl (C=O) groups excluding carboxylic acids is 1. The number of fused-ring (bicyclic) bond motifs is 1. The van der Waals surface area contributed by atoms with Crippen molar-refractivity contribution in [2.24, 2.45) is 0 Å². The lowest BCUT2D eigenvalue weighted by Crippen LogP contribution is -2.46. The monoisotopic (exact) mass is 569 g/mol. The van der Waals surface area contributed by atoms with Crippen molar-refractivity contribution in [2.75, 3.05) is 31.1 Å². The van der Waals surface area contributed by atoms with Gasteiger partial charge in [0.1, 0.15) is 11.6 Å². The Balaban J connectivity index is 1.01. The van der Waals surface area contributed by atoms with Crippen LogP contribution in [0.1, 0.15) is 42.4 Å². The molecule has 2 aromatic heterocycles. The van der Waals surface area contributed by atoms with Crippen LogP contribution in [0, 0.1) is 0 Å². The number of nitrogens with zero attached hydrogens (tertiary/aromatic N) is 5. The van der Waals surface area contributed by atoms with E-state index in [4.69, 9.17) is 9.97 Å². The predicted molar refractivity (Wildman–Crippen MR) is 174 cm³/mol. The molecule has 0 unspecified atom stereocenters. The average molecular weight is 570 g/mol. The third-order valence-corrected chi connectivity index (χ3v) is 8.31. The first kappa shape index (κ1) is 28.7. The molecule has 1 aliphatic rings. The summed E-state index contributed by atoms with van der Waals surface area (Å²) in [6.45, 7) is 4.74. The number of aryl methyl sites for hydroxylation is 1. The molecular formula is C37H39N5O. The molecule has 1 aliphatic heterocycles. The molecule has 0 radical (unpaired) electrons. The first-order valence-electron chi connectivity index (χ1n) is 15.5. The molecule has 43 heavy (non-hydrogen) atoms. The van der Waals surface area contributed by atoms with Crippen LogP contribution in [0.15, 0.2) is 104 Å². The van der Waals surface area contributed by atoms with Crippen molar-refractivity contribution in [1.29, 1.82) is 0 Å². The molecule has 0 spiro atoms. The number of anilines is 1. The Morgan fingerprint density at radius 3 is 2.28 bits per heavy atom. The van der Waals surface area contributed by atoms with E-state index in [2.05, 4.69) is 87.6 Å². The first-order valence-corrected chi connectivity index (χ1v) is 15.5. The quantitative estimate of drug-likeness (QED) is 0.152. The maximum absolute atomic E-state index is 12.6. The summed E-state index contributed by atoms with van der Waals surface area (Å²) >= 11 is 0. The molecule has 3 aromatic carbocycles. The van der Waals surface area contributed by atoms with Gasteiger partial charge >= 0.3 is 0 Å². The van der Waals surface area contributed by atoms with Crippen molar-refractivity contribution in [2.45, 2.75) is 45.1 Å². The number of hydrogen-bond acceptors (Lipinski definition) is 6. The molecule has 0 N–H and O–H groups in total. The Hall–Kier alpha value is -4.42. The van der Waals surface area contributed by atoms with Gasteiger partial charge in [0.25, 0.3) is 0 Å². The summed E-state index contributed by atoms with van der Waals surface area (Å²) in [5.74, 6) is 1.25. The number of ketones is 1. The van der Waals surface area contributed by atoms with E-state index < -0.39 is 0 Å².